The Morgan fingerprint density at radius 3 is 2.22 bits per heavy atom. The van der Waals surface area contributed by atoms with E-state index in [4.69, 9.17) is 46.6 Å². The van der Waals surface area contributed by atoms with E-state index in [1.807, 2.05) is 0 Å². The first kappa shape index (κ1) is 32.0. The third kappa shape index (κ3) is 6.84. The van der Waals surface area contributed by atoms with E-state index in [2.05, 4.69) is 0 Å². The second-order valence-electron chi connectivity index (χ2n) is 10.5. The van der Waals surface area contributed by atoms with Crippen LogP contribution in [0.15, 0.2) is 24.3 Å². The monoisotopic (exact) mass is 589 g/mol. The van der Waals surface area contributed by atoms with Crippen molar-refractivity contribution in [3.05, 3.63) is 39.9 Å². The van der Waals surface area contributed by atoms with Gasteiger partial charge in [0.1, 0.15) is 54.9 Å². The van der Waals surface area contributed by atoms with Gasteiger partial charge in [-0.05, 0) is 12.0 Å². The molecule has 0 aromatic heterocycles. The van der Waals surface area contributed by atoms with E-state index in [9.17, 15) is 35.6 Å². The smallest absolute Gasteiger partial charge is 0.269 e. The summed E-state index contributed by atoms with van der Waals surface area (Å²) in [6, 6.07) is 3.12. The minimum absolute atomic E-state index is 0.0872. The fourth-order valence-electron chi connectivity index (χ4n) is 5.34. The van der Waals surface area contributed by atoms with E-state index >= 15 is 0 Å². The zero-order valence-electron chi connectivity index (χ0n) is 22.1. The van der Waals surface area contributed by atoms with Gasteiger partial charge >= 0.3 is 0 Å². The van der Waals surface area contributed by atoms with Gasteiger partial charge in [-0.15, -0.1) is 0 Å². The number of ether oxygens (including phenoxy) is 5. The Hall–Kier alpha value is -1.94. The van der Waals surface area contributed by atoms with Crippen molar-refractivity contribution in [2.45, 2.75) is 98.7 Å². The third-order valence-electron chi connectivity index (χ3n) is 7.66. The molecule has 232 valence electrons. The van der Waals surface area contributed by atoms with Gasteiger partial charge in [0.15, 0.2) is 12.6 Å². The zero-order valence-corrected chi connectivity index (χ0v) is 22.1. The molecule has 1 aromatic rings. The fourth-order valence-corrected chi connectivity index (χ4v) is 5.34. The molecule has 17 heteroatoms. The number of nitro benzene ring substituents is 1. The van der Waals surface area contributed by atoms with E-state index in [0.717, 1.165) is 0 Å². The molecule has 0 spiro atoms. The number of nitrogens with zero attached hydrogens (tertiary/aromatic N) is 1. The first-order chi connectivity index (χ1) is 19.5. The molecule has 2 saturated heterocycles. The highest BCUT2D eigenvalue weighted by molar-refractivity contribution is 5.33. The SMILES string of the molecule is NC[C@@H]1O[C@H](O[C@H]2[C@@H](O)[C@H](O[C@H]3[C@H](O)[C@@H](OCc4cccc([N+](=O)[O-])c4)[C@H](N)C[C@@H]3N)O[C@@H]2CO)[C@H](N)[C@@H](O)[C@@H]1O. The minimum Gasteiger partial charge on any atom is -0.394 e. The van der Waals surface area contributed by atoms with Gasteiger partial charge in [-0.2, -0.15) is 0 Å². The lowest BCUT2D eigenvalue weighted by molar-refractivity contribution is -0.385. The van der Waals surface area contributed by atoms with Crippen LogP contribution in [0.4, 0.5) is 5.69 Å². The molecule has 14 atom stereocenters. The maximum absolute atomic E-state index is 11.1. The molecule has 41 heavy (non-hydrogen) atoms. The Morgan fingerprint density at radius 2 is 1.56 bits per heavy atom. The fraction of sp³-hybridized carbons (Fsp3) is 0.750. The molecule has 1 aliphatic carbocycles. The second-order valence-corrected chi connectivity index (χ2v) is 10.5. The summed E-state index contributed by atoms with van der Waals surface area (Å²) in [7, 11) is 0. The molecule has 2 heterocycles. The maximum Gasteiger partial charge on any atom is 0.269 e. The largest absolute Gasteiger partial charge is 0.394 e. The summed E-state index contributed by atoms with van der Waals surface area (Å²) in [6.07, 6.45) is -13.7. The van der Waals surface area contributed by atoms with Gasteiger partial charge in [-0.25, -0.2) is 0 Å². The zero-order chi connectivity index (χ0) is 30.0. The molecule has 17 nitrogen and oxygen atoms in total. The number of hydrogen-bond donors (Lipinski definition) is 9. The number of aliphatic hydroxyl groups excluding tert-OH is 5. The van der Waals surface area contributed by atoms with E-state index in [0.29, 0.717) is 5.56 Å². The van der Waals surface area contributed by atoms with E-state index < -0.39 is 97.2 Å². The van der Waals surface area contributed by atoms with E-state index in [1.165, 1.54) is 18.2 Å². The molecule has 0 unspecified atom stereocenters. The number of rotatable bonds is 10. The predicted molar refractivity (Wildman–Crippen MR) is 137 cm³/mol. The molecular formula is C24H39N5O12. The summed E-state index contributed by atoms with van der Waals surface area (Å²) in [5.74, 6) is 0. The lowest BCUT2D eigenvalue weighted by atomic mass is 9.84. The van der Waals surface area contributed by atoms with Gasteiger partial charge in [-0.3, -0.25) is 10.1 Å². The molecule has 1 aromatic carbocycles. The predicted octanol–water partition coefficient (Wildman–Crippen LogP) is -4.52. The quantitative estimate of drug-likeness (QED) is 0.0917. The lowest BCUT2D eigenvalue weighted by Gasteiger charge is -2.43. The molecule has 0 amide bonds. The van der Waals surface area contributed by atoms with Crippen LogP contribution in [-0.2, 0) is 30.3 Å². The molecule has 0 radical (unpaired) electrons. The van der Waals surface area contributed by atoms with Crippen LogP contribution in [0.25, 0.3) is 0 Å². The standard InChI is InChI=1S/C24H39N5O12/c25-6-13-16(31)17(32)15(28)23(38-13)41-22-14(7-30)39-24(19(22)34)40-21-12(27)5-11(26)20(18(21)33)37-8-9-2-1-3-10(4-9)29(35)36/h1-4,11-24,30-34H,5-8,25-28H2/t11-,12+,13+,14-,15-,16-,17-,18-,19-,20+,21-,22-,23-,24+/m1/s1. The number of nitrogens with two attached hydrogens (primary N) is 4. The van der Waals surface area contributed by atoms with E-state index in [1.54, 1.807) is 6.07 Å². The number of aliphatic hydroxyl groups is 5. The van der Waals surface area contributed by atoms with Crippen LogP contribution in [0.1, 0.15) is 12.0 Å². The Balaban J connectivity index is 1.41. The first-order valence-electron chi connectivity index (χ1n) is 13.2. The van der Waals surface area contributed by atoms with Crippen molar-refractivity contribution < 1.29 is 54.1 Å². The van der Waals surface area contributed by atoms with Gasteiger partial charge < -0.3 is 72.2 Å². The van der Waals surface area contributed by atoms with Crippen LogP contribution >= 0.6 is 0 Å². The molecular weight excluding hydrogens is 550 g/mol. The average molecular weight is 590 g/mol. The van der Waals surface area contributed by atoms with Gasteiger partial charge in [0, 0.05) is 30.8 Å². The Kier molecular flexibility index (Phi) is 10.6. The molecule has 13 N–H and O–H groups in total. The van der Waals surface area contributed by atoms with E-state index in [-0.39, 0.29) is 25.3 Å². The van der Waals surface area contributed by atoms with Crippen LogP contribution in [0.2, 0.25) is 0 Å². The van der Waals surface area contributed by atoms with Gasteiger partial charge in [0.25, 0.3) is 5.69 Å². The minimum atomic E-state index is -1.53. The van der Waals surface area contributed by atoms with Crippen molar-refractivity contribution in [2.75, 3.05) is 13.2 Å². The lowest BCUT2D eigenvalue weighted by Crippen LogP contribution is -2.64. The third-order valence-corrected chi connectivity index (χ3v) is 7.66. The first-order valence-corrected chi connectivity index (χ1v) is 13.2. The Labute approximate surface area is 235 Å². The van der Waals surface area contributed by atoms with Crippen LogP contribution in [-0.4, -0.2) is 129 Å². The number of hydrogen-bond acceptors (Lipinski definition) is 16. The Morgan fingerprint density at radius 1 is 0.902 bits per heavy atom. The summed E-state index contributed by atoms with van der Waals surface area (Å²) < 4.78 is 28.7. The molecule has 2 aliphatic heterocycles. The summed E-state index contributed by atoms with van der Waals surface area (Å²) in [5.41, 5.74) is 24.3. The molecule has 3 aliphatic rings. The average Bonchev–Trinajstić information content (AvgIpc) is 3.24. The maximum atomic E-state index is 11.1. The molecule has 4 rings (SSSR count). The van der Waals surface area contributed by atoms with Crippen LogP contribution in [0, 0.1) is 10.1 Å². The highest BCUT2D eigenvalue weighted by atomic mass is 16.7. The van der Waals surface area contributed by atoms with Crippen molar-refractivity contribution in [3.8, 4) is 0 Å². The van der Waals surface area contributed by atoms with Crippen LogP contribution in [0.3, 0.4) is 0 Å². The number of non-ortho nitro benzene ring substituents is 1. The van der Waals surface area contributed by atoms with Crippen LogP contribution < -0.4 is 22.9 Å². The van der Waals surface area contributed by atoms with Gasteiger partial charge in [0.05, 0.1) is 24.2 Å². The van der Waals surface area contributed by atoms with Crippen molar-refractivity contribution in [1.29, 1.82) is 0 Å². The molecule has 3 fully saturated rings. The summed E-state index contributed by atoms with van der Waals surface area (Å²) in [5, 5.41) is 63.4. The summed E-state index contributed by atoms with van der Waals surface area (Å²) in [4.78, 5) is 10.5. The normalized spacial score (nSPS) is 43.2. The topological polar surface area (TPSA) is 295 Å². The van der Waals surface area contributed by atoms with Gasteiger partial charge in [-0.1, -0.05) is 12.1 Å². The summed E-state index contributed by atoms with van der Waals surface area (Å²) >= 11 is 0. The van der Waals surface area contributed by atoms with Crippen molar-refractivity contribution in [2.24, 2.45) is 22.9 Å². The number of benzene rings is 1. The molecule has 0 bridgehead atoms. The Bertz CT molecular complexity index is 1020. The summed E-state index contributed by atoms with van der Waals surface area (Å²) in [6.45, 7) is -0.835. The van der Waals surface area contributed by atoms with Crippen molar-refractivity contribution in [1.82, 2.24) is 0 Å². The number of nitro groups is 1. The highest BCUT2D eigenvalue weighted by Crippen LogP contribution is 2.33. The second kappa shape index (κ2) is 13.6. The van der Waals surface area contributed by atoms with Crippen molar-refractivity contribution >= 4 is 5.69 Å². The highest BCUT2D eigenvalue weighted by Gasteiger charge is 2.52. The van der Waals surface area contributed by atoms with Gasteiger partial charge in [0.2, 0.25) is 0 Å². The van der Waals surface area contributed by atoms with Crippen molar-refractivity contribution in [3.63, 3.8) is 0 Å². The van der Waals surface area contributed by atoms with Crippen LogP contribution in [0.5, 0.6) is 0 Å². The molecule has 1 saturated carbocycles.